The molecule has 1 aromatic heterocycles. The molecule has 106 valence electrons. The predicted molar refractivity (Wildman–Crippen MR) is 73.4 cm³/mol. The van der Waals surface area contributed by atoms with Crippen molar-refractivity contribution < 1.29 is 14.6 Å². The Hall–Kier alpha value is -2.34. The molecule has 0 aliphatic rings. The molecule has 0 spiro atoms. The number of nitrogens with one attached hydrogen (secondary N) is 1. The molecule has 0 fully saturated rings. The number of rotatable bonds is 6. The first kappa shape index (κ1) is 14.1. The van der Waals surface area contributed by atoms with Crippen LogP contribution >= 0.6 is 0 Å². The molecule has 2 N–H and O–H groups in total. The summed E-state index contributed by atoms with van der Waals surface area (Å²) < 4.78 is 5.14. The van der Waals surface area contributed by atoms with Crippen molar-refractivity contribution in [1.29, 1.82) is 0 Å². The Balaban J connectivity index is 2.23. The Morgan fingerprint density at radius 1 is 1.55 bits per heavy atom. The van der Waals surface area contributed by atoms with E-state index in [9.17, 15) is 9.90 Å². The molecule has 0 amide bonds. The molecule has 0 saturated carbocycles. The van der Waals surface area contributed by atoms with Crippen molar-refractivity contribution >= 4 is 5.97 Å². The van der Waals surface area contributed by atoms with E-state index in [1.54, 1.807) is 55.7 Å². The van der Waals surface area contributed by atoms with Crippen molar-refractivity contribution in [2.45, 2.75) is 12.6 Å². The van der Waals surface area contributed by atoms with Gasteiger partial charge in [-0.2, -0.15) is 0 Å². The van der Waals surface area contributed by atoms with E-state index >= 15 is 0 Å². The highest BCUT2D eigenvalue weighted by Crippen LogP contribution is 2.24. The van der Waals surface area contributed by atoms with Crippen LogP contribution in [0.4, 0.5) is 0 Å². The van der Waals surface area contributed by atoms with E-state index < -0.39 is 12.0 Å². The summed E-state index contributed by atoms with van der Waals surface area (Å²) in [6, 6.07) is 6.33. The van der Waals surface area contributed by atoms with Crippen LogP contribution in [0.25, 0.3) is 0 Å². The fourth-order valence-corrected chi connectivity index (χ4v) is 2.11. The summed E-state index contributed by atoms with van der Waals surface area (Å²) in [5.41, 5.74) is 0.672. The topological polar surface area (TPSA) is 78.5 Å². The Morgan fingerprint density at radius 2 is 2.35 bits per heavy atom. The van der Waals surface area contributed by atoms with Gasteiger partial charge in [0.25, 0.3) is 0 Å². The molecule has 1 heterocycles. The van der Waals surface area contributed by atoms with Crippen LogP contribution in [-0.4, -0.2) is 40.1 Å². The molecule has 0 unspecified atom stereocenters. The number of ether oxygens (including phenoxy) is 1. The van der Waals surface area contributed by atoms with Crippen molar-refractivity contribution in [2.24, 2.45) is 0 Å². The van der Waals surface area contributed by atoms with Crippen LogP contribution in [-0.2, 0) is 11.3 Å². The minimum atomic E-state index is -0.910. The Morgan fingerprint density at radius 3 is 2.95 bits per heavy atom. The number of benzene rings is 1. The van der Waals surface area contributed by atoms with Gasteiger partial charge in [-0.15, -0.1) is 0 Å². The number of aliphatic carboxylic acids is 1. The summed E-state index contributed by atoms with van der Waals surface area (Å²) >= 11 is 0. The summed E-state index contributed by atoms with van der Waals surface area (Å²) in [4.78, 5) is 20.4. The summed E-state index contributed by atoms with van der Waals surface area (Å²) in [5, 5.41) is 9.48. The molecule has 6 heteroatoms. The normalized spacial score (nSPS) is 12.3. The first-order chi connectivity index (χ1) is 9.61. The Kier molecular flexibility index (Phi) is 4.37. The molecule has 1 atom stereocenters. The molecule has 0 aliphatic carbocycles. The van der Waals surface area contributed by atoms with Gasteiger partial charge in [0.2, 0.25) is 0 Å². The first-order valence-corrected chi connectivity index (χ1v) is 6.17. The molecule has 2 rings (SSSR count). The zero-order valence-corrected chi connectivity index (χ0v) is 11.4. The molecule has 2 aromatic rings. The van der Waals surface area contributed by atoms with Crippen molar-refractivity contribution in [1.82, 2.24) is 14.9 Å². The zero-order valence-electron chi connectivity index (χ0n) is 11.4. The summed E-state index contributed by atoms with van der Waals surface area (Å²) in [6.07, 6.45) is 3.36. The van der Waals surface area contributed by atoms with E-state index in [4.69, 9.17) is 4.74 Å². The number of hydrogen-bond acceptors (Lipinski definition) is 4. The lowest BCUT2D eigenvalue weighted by Gasteiger charge is -2.24. The molecule has 20 heavy (non-hydrogen) atoms. The van der Waals surface area contributed by atoms with Crippen LogP contribution in [0, 0.1) is 0 Å². The number of methoxy groups -OCH3 is 1. The number of carbonyl (C=O) groups is 1. The lowest BCUT2D eigenvalue weighted by atomic mass is 10.1. The van der Waals surface area contributed by atoms with Crippen LogP contribution in [0.3, 0.4) is 0 Å². The van der Waals surface area contributed by atoms with Crippen LogP contribution in [0.5, 0.6) is 5.75 Å². The number of hydrogen-bond donors (Lipinski definition) is 2. The number of likely N-dealkylation sites (N-methyl/N-ethyl adjacent to an activating group) is 1. The SMILES string of the molecule is COc1cccc([C@@H](C(=O)O)N(C)Cc2ncc[nH]2)c1. The number of aromatic amines is 1. The third-order valence-corrected chi connectivity index (χ3v) is 3.04. The van der Waals surface area contributed by atoms with Gasteiger partial charge < -0.3 is 14.8 Å². The largest absolute Gasteiger partial charge is 0.497 e. The third-order valence-electron chi connectivity index (χ3n) is 3.04. The number of aromatic nitrogens is 2. The average Bonchev–Trinajstić information content (AvgIpc) is 2.91. The number of imidazole rings is 1. The fraction of sp³-hybridized carbons (Fsp3) is 0.286. The highest BCUT2D eigenvalue weighted by molar-refractivity contribution is 5.75. The summed E-state index contributed by atoms with van der Waals surface area (Å²) in [6.45, 7) is 0.418. The van der Waals surface area contributed by atoms with Crippen molar-refractivity contribution in [2.75, 3.05) is 14.2 Å². The van der Waals surface area contributed by atoms with Crippen molar-refractivity contribution in [3.8, 4) is 5.75 Å². The van der Waals surface area contributed by atoms with E-state index in [-0.39, 0.29) is 0 Å². The maximum absolute atomic E-state index is 11.6. The zero-order chi connectivity index (χ0) is 14.5. The molecule has 1 aromatic carbocycles. The summed E-state index contributed by atoms with van der Waals surface area (Å²) in [5.74, 6) is 0.453. The van der Waals surface area contributed by atoms with Crippen LogP contribution in [0.2, 0.25) is 0 Å². The lowest BCUT2D eigenvalue weighted by molar-refractivity contribution is -0.143. The number of carboxylic acids is 1. The standard InChI is InChI=1S/C14H17N3O3/c1-17(9-12-15-6-7-16-12)13(14(18)19)10-4-3-5-11(8-10)20-2/h3-8,13H,9H2,1-2H3,(H,15,16)(H,18,19)/t13-/m0/s1. The Bertz CT molecular complexity index is 569. The highest BCUT2D eigenvalue weighted by Gasteiger charge is 2.25. The monoisotopic (exact) mass is 275 g/mol. The van der Waals surface area contributed by atoms with E-state index in [0.717, 1.165) is 5.82 Å². The third kappa shape index (κ3) is 3.16. The second-order valence-electron chi connectivity index (χ2n) is 4.47. The second kappa shape index (κ2) is 6.21. The number of nitrogens with zero attached hydrogens (tertiary/aromatic N) is 2. The van der Waals surface area contributed by atoms with Crippen LogP contribution in [0.1, 0.15) is 17.4 Å². The van der Waals surface area contributed by atoms with Crippen LogP contribution in [0.15, 0.2) is 36.7 Å². The molecule has 0 radical (unpaired) electrons. The van der Waals surface area contributed by atoms with E-state index in [0.29, 0.717) is 17.9 Å². The van der Waals surface area contributed by atoms with Crippen molar-refractivity contribution in [3.63, 3.8) is 0 Å². The second-order valence-corrected chi connectivity index (χ2v) is 4.47. The van der Waals surface area contributed by atoms with Gasteiger partial charge in [0.15, 0.2) is 0 Å². The molecular formula is C14H17N3O3. The molecule has 0 aliphatic heterocycles. The Labute approximate surface area is 117 Å². The van der Waals surface area contributed by atoms with E-state index in [1.165, 1.54) is 0 Å². The summed E-state index contributed by atoms with van der Waals surface area (Å²) in [7, 11) is 3.31. The number of H-pyrrole nitrogens is 1. The predicted octanol–water partition coefficient (Wildman–Crippen LogP) is 1.68. The maximum Gasteiger partial charge on any atom is 0.325 e. The van der Waals surface area contributed by atoms with Gasteiger partial charge in [0.1, 0.15) is 17.6 Å². The van der Waals surface area contributed by atoms with Gasteiger partial charge in [-0.25, -0.2) is 4.98 Å². The molecular weight excluding hydrogens is 258 g/mol. The van der Waals surface area contributed by atoms with Gasteiger partial charge in [-0.1, -0.05) is 12.1 Å². The van der Waals surface area contributed by atoms with Gasteiger partial charge >= 0.3 is 5.97 Å². The quantitative estimate of drug-likeness (QED) is 0.838. The first-order valence-electron chi connectivity index (χ1n) is 6.17. The highest BCUT2D eigenvalue weighted by atomic mass is 16.5. The fourth-order valence-electron chi connectivity index (χ4n) is 2.11. The molecule has 0 bridgehead atoms. The van der Waals surface area contributed by atoms with Gasteiger partial charge in [0.05, 0.1) is 13.7 Å². The van der Waals surface area contributed by atoms with E-state index in [2.05, 4.69) is 9.97 Å². The molecule has 0 saturated heterocycles. The van der Waals surface area contributed by atoms with Crippen molar-refractivity contribution in [3.05, 3.63) is 48.0 Å². The van der Waals surface area contributed by atoms with Gasteiger partial charge in [-0.3, -0.25) is 9.69 Å². The van der Waals surface area contributed by atoms with E-state index in [1.807, 2.05) is 0 Å². The number of carboxylic acid groups (broad SMARTS) is 1. The average molecular weight is 275 g/mol. The minimum absolute atomic E-state index is 0.418. The minimum Gasteiger partial charge on any atom is -0.497 e. The maximum atomic E-state index is 11.6. The van der Waals surface area contributed by atoms with Crippen LogP contribution < -0.4 is 4.74 Å². The van der Waals surface area contributed by atoms with Gasteiger partial charge in [0, 0.05) is 12.4 Å². The lowest BCUT2D eigenvalue weighted by Crippen LogP contribution is -2.30. The van der Waals surface area contributed by atoms with Gasteiger partial charge in [-0.05, 0) is 24.7 Å². The molecule has 6 nitrogen and oxygen atoms in total. The smallest absolute Gasteiger partial charge is 0.325 e.